The van der Waals surface area contributed by atoms with Crippen LogP contribution in [-0.4, -0.2) is 32.8 Å². The molecule has 0 radical (unpaired) electrons. The number of rotatable bonds is 2. The van der Waals surface area contributed by atoms with Crippen molar-refractivity contribution in [2.75, 3.05) is 18.0 Å². The highest BCUT2D eigenvalue weighted by Crippen LogP contribution is 2.39. The first kappa shape index (κ1) is 16.0. The van der Waals surface area contributed by atoms with Gasteiger partial charge in [-0.1, -0.05) is 23.2 Å². The van der Waals surface area contributed by atoms with E-state index in [1.165, 1.54) is 12.4 Å². The van der Waals surface area contributed by atoms with E-state index in [1.54, 1.807) is 11.6 Å². The first-order valence-corrected chi connectivity index (χ1v) is 7.75. The van der Waals surface area contributed by atoms with Crippen molar-refractivity contribution in [3.63, 3.8) is 0 Å². The van der Waals surface area contributed by atoms with Gasteiger partial charge in [0.05, 0.1) is 11.3 Å². The van der Waals surface area contributed by atoms with Crippen LogP contribution in [0, 0.1) is 11.3 Å². The summed E-state index contributed by atoms with van der Waals surface area (Å²) in [6.45, 7) is 0.780. The Bertz CT molecular complexity index is 776. The zero-order valence-electron chi connectivity index (χ0n) is 12.3. The highest BCUT2D eigenvalue weighted by Gasteiger charge is 2.40. The van der Waals surface area contributed by atoms with Crippen LogP contribution in [0.5, 0.6) is 0 Å². The van der Waals surface area contributed by atoms with Crippen LogP contribution in [0.3, 0.4) is 0 Å². The van der Waals surface area contributed by atoms with Crippen LogP contribution < -0.4 is 4.90 Å². The molecule has 0 amide bonds. The van der Waals surface area contributed by atoms with Crippen molar-refractivity contribution in [3.8, 4) is 6.07 Å². The summed E-state index contributed by atoms with van der Waals surface area (Å²) in [6.07, 6.45) is 1.93. The lowest BCUT2D eigenvalue weighted by molar-refractivity contribution is 0.109. The molecule has 23 heavy (non-hydrogen) atoms. The normalized spacial score (nSPS) is 17.1. The van der Waals surface area contributed by atoms with Crippen molar-refractivity contribution in [2.24, 2.45) is 7.05 Å². The minimum atomic E-state index is -1.54. The Balaban J connectivity index is 1.86. The lowest BCUT2D eigenvalue weighted by Crippen LogP contribution is -2.42. The fourth-order valence-corrected chi connectivity index (χ4v) is 3.41. The van der Waals surface area contributed by atoms with E-state index in [0.717, 1.165) is 0 Å². The van der Waals surface area contributed by atoms with Crippen molar-refractivity contribution in [3.05, 3.63) is 34.1 Å². The fraction of sp³-hybridized carbons (Fsp3) is 0.429. The molecule has 2 aromatic rings. The Labute approximate surface area is 142 Å². The molecule has 0 spiro atoms. The topological polar surface area (TPSA) is 70.6 Å². The second kappa shape index (κ2) is 5.95. The molecule has 0 atom stereocenters. The molecule has 2 aromatic heterocycles. The minimum absolute atomic E-state index is 0.152. The Morgan fingerprint density at radius 1 is 1.35 bits per heavy atom. The molecular formula is C14H13Cl2FN6. The molecule has 0 saturated carbocycles. The number of nitrogens with zero attached hydrogens (tertiary/aromatic N) is 6. The summed E-state index contributed by atoms with van der Waals surface area (Å²) in [7, 11) is 1.72. The fourth-order valence-electron chi connectivity index (χ4n) is 2.86. The number of anilines is 1. The molecule has 120 valence electrons. The van der Waals surface area contributed by atoms with Crippen molar-refractivity contribution in [1.82, 2.24) is 19.7 Å². The molecule has 0 aliphatic carbocycles. The summed E-state index contributed by atoms with van der Waals surface area (Å²) in [5.41, 5.74) is -0.709. The molecule has 1 aliphatic heterocycles. The number of aryl methyl sites for hydroxylation is 1. The Kier molecular flexibility index (Phi) is 4.13. The number of alkyl halides is 1. The minimum Gasteiger partial charge on any atom is -0.368 e. The summed E-state index contributed by atoms with van der Waals surface area (Å²) >= 11 is 12.0. The van der Waals surface area contributed by atoms with Gasteiger partial charge in [-0.2, -0.15) is 5.26 Å². The molecule has 6 nitrogen and oxygen atoms in total. The van der Waals surface area contributed by atoms with Crippen molar-refractivity contribution >= 4 is 28.9 Å². The second-order valence-electron chi connectivity index (χ2n) is 5.46. The number of piperidine rings is 1. The van der Waals surface area contributed by atoms with Crippen LogP contribution >= 0.6 is 23.2 Å². The predicted molar refractivity (Wildman–Crippen MR) is 84.2 cm³/mol. The molecule has 1 fully saturated rings. The number of hydrogen-bond donors (Lipinski definition) is 0. The lowest BCUT2D eigenvalue weighted by Gasteiger charge is -2.37. The van der Waals surface area contributed by atoms with Crippen LogP contribution in [0.2, 0.25) is 10.3 Å². The number of aromatic nitrogens is 4. The van der Waals surface area contributed by atoms with E-state index >= 15 is 4.39 Å². The van der Waals surface area contributed by atoms with Crippen molar-refractivity contribution < 1.29 is 4.39 Å². The van der Waals surface area contributed by atoms with Gasteiger partial charge in [-0.3, -0.25) is 0 Å². The third-order valence-electron chi connectivity index (χ3n) is 4.02. The number of pyridine rings is 1. The monoisotopic (exact) mass is 354 g/mol. The quantitative estimate of drug-likeness (QED) is 0.775. The van der Waals surface area contributed by atoms with Gasteiger partial charge in [0.1, 0.15) is 17.5 Å². The summed E-state index contributed by atoms with van der Waals surface area (Å²) < 4.78 is 16.7. The third-order valence-corrected chi connectivity index (χ3v) is 4.48. The van der Waals surface area contributed by atoms with Gasteiger partial charge in [-0.25, -0.2) is 9.37 Å². The van der Waals surface area contributed by atoms with E-state index in [2.05, 4.69) is 21.3 Å². The van der Waals surface area contributed by atoms with Gasteiger partial charge in [-0.05, 0) is 6.07 Å². The predicted octanol–water partition coefficient (Wildman–Crippen LogP) is 2.85. The largest absolute Gasteiger partial charge is 0.368 e. The van der Waals surface area contributed by atoms with Crippen LogP contribution in [0.1, 0.15) is 24.2 Å². The molecule has 0 N–H and O–H groups in total. The molecule has 0 aromatic carbocycles. The van der Waals surface area contributed by atoms with Crippen molar-refractivity contribution in [2.45, 2.75) is 18.5 Å². The molecular weight excluding hydrogens is 342 g/mol. The molecule has 3 heterocycles. The van der Waals surface area contributed by atoms with Gasteiger partial charge in [0.25, 0.3) is 0 Å². The van der Waals surface area contributed by atoms with Crippen molar-refractivity contribution in [1.29, 1.82) is 5.26 Å². The Morgan fingerprint density at radius 2 is 2.04 bits per heavy atom. The van der Waals surface area contributed by atoms with Crippen LogP contribution in [-0.2, 0) is 12.7 Å². The third kappa shape index (κ3) is 2.84. The summed E-state index contributed by atoms with van der Waals surface area (Å²) in [5, 5.41) is 17.2. The van der Waals surface area contributed by atoms with Crippen LogP contribution in [0.4, 0.5) is 10.1 Å². The maximum absolute atomic E-state index is 15.2. The maximum Gasteiger partial charge on any atom is 0.173 e. The van der Waals surface area contributed by atoms with Gasteiger partial charge in [0, 0.05) is 33.0 Å². The SMILES string of the molecule is Cn1cnnc1C1(F)CCN(c2c(C#N)cc(Cl)nc2Cl)CC1. The molecule has 9 heteroatoms. The van der Waals surface area contributed by atoms with Gasteiger partial charge in [-0.15, -0.1) is 10.2 Å². The molecule has 1 saturated heterocycles. The Hall–Kier alpha value is -1.91. The van der Waals surface area contributed by atoms with Gasteiger partial charge < -0.3 is 9.47 Å². The molecule has 3 rings (SSSR count). The second-order valence-corrected chi connectivity index (χ2v) is 6.21. The van der Waals surface area contributed by atoms with Gasteiger partial charge in [0.2, 0.25) is 0 Å². The molecule has 0 bridgehead atoms. The van der Waals surface area contributed by atoms with E-state index in [9.17, 15) is 5.26 Å². The zero-order valence-corrected chi connectivity index (χ0v) is 13.8. The highest BCUT2D eigenvalue weighted by atomic mass is 35.5. The lowest BCUT2D eigenvalue weighted by atomic mass is 9.92. The first-order chi connectivity index (χ1) is 10.9. The number of hydrogen-bond acceptors (Lipinski definition) is 5. The molecule has 1 aliphatic rings. The smallest absolute Gasteiger partial charge is 0.173 e. The summed E-state index contributed by atoms with van der Waals surface area (Å²) in [5.74, 6) is 0.318. The summed E-state index contributed by atoms with van der Waals surface area (Å²) in [6, 6.07) is 3.52. The van der Waals surface area contributed by atoms with Crippen LogP contribution in [0.15, 0.2) is 12.4 Å². The zero-order chi connectivity index (χ0) is 16.6. The van der Waals surface area contributed by atoms with E-state index in [-0.39, 0.29) is 23.1 Å². The van der Waals surface area contributed by atoms with Gasteiger partial charge in [0.15, 0.2) is 16.6 Å². The van der Waals surface area contributed by atoms with E-state index < -0.39 is 5.67 Å². The first-order valence-electron chi connectivity index (χ1n) is 6.99. The van der Waals surface area contributed by atoms with E-state index in [4.69, 9.17) is 23.2 Å². The van der Waals surface area contributed by atoms with Crippen LogP contribution in [0.25, 0.3) is 0 Å². The standard InChI is InChI=1S/C14H13Cl2FN6/c1-22-8-19-21-13(22)14(17)2-4-23(5-3-14)11-9(7-18)6-10(15)20-12(11)16/h6,8H,2-5H2,1H3. The Morgan fingerprint density at radius 3 is 2.61 bits per heavy atom. The maximum atomic E-state index is 15.2. The van der Waals surface area contributed by atoms with Gasteiger partial charge >= 0.3 is 0 Å². The summed E-state index contributed by atoms with van der Waals surface area (Å²) in [4.78, 5) is 5.84. The number of nitriles is 1. The molecule has 0 unspecified atom stereocenters. The van der Waals surface area contributed by atoms with E-state index in [0.29, 0.717) is 30.2 Å². The van der Waals surface area contributed by atoms with E-state index in [1.807, 2.05) is 4.90 Å². The highest BCUT2D eigenvalue weighted by molar-refractivity contribution is 6.34. The number of halogens is 3. The average molecular weight is 355 g/mol. The average Bonchev–Trinajstić information content (AvgIpc) is 2.95.